The summed E-state index contributed by atoms with van der Waals surface area (Å²) in [5.74, 6) is 0.223. The number of benzene rings is 2. The van der Waals surface area contributed by atoms with Crippen molar-refractivity contribution in [2.45, 2.75) is 39.7 Å². The molecule has 32 heavy (non-hydrogen) atoms. The molecule has 0 unspecified atom stereocenters. The Bertz CT molecular complexity index is 1140. The number of nitrogens with zero attached hydrogens (tertiary/aromatic N) is 2. The van der Waals surface area contributed by atoms with E-state index in [1.165, 1.54) is 22.4 Å². The van der Waals surface area contributed by atoms with Crippen molar-refractivity contribution in [3.63, 3.8) is 0 Å². The van der Waals surface area contributed by atoms with E-state index >= 15 is 0 Å². The second kappa shape index (κ2) is 10.1. The molecule has 1 heterocycles. The third-order valence-corrected chi connectivity index (χ3v) is 5.01. The Balaban J connectivity index is 1.67. The number of carbonyl (C=O) groups excluding carboxylic acids is 1. The van der Waals surface area contributed by atoms with Gasteiger partial charge in [-0.15, -0.1) is 0 Å². The summed E-state index contributed by atoms with van der Waals surface area (Å²) in [6.07, 6.45) is 3.20. The van der Waals surface area contributed by atoms with Gasteiger partial charge in [-0.25, -0.2) is 5.43 Å². The summed E-state index contributed by atoms with van der Waals surface area (Å²) in [4.78, 5) is 25.3. The molecule has 6 heteroatoms. The lowest BCUT2D eigenvalue weighted by molar-refractivity contribution is 0.0953. The van der Waals surface area contributed by atoms with E-state index in [0.29, 0.717) is 13.2 Å². The van der Waals surface area contributed by atoms with Gasteiger partial charge >= 0.3 is 0 Å². The van der Waals surface area contributed by atoms with E-state index < -0.39 is 5.91 Å². The van der Waals surface area contributed by atoms with Crippen molar-refractivity contribution in [3.8, 4) is 5.75 Å². The number of nitrogens with one attached hydrogen (secondary N) is 1. The molecule has 1 N–H and O–H groups in total. The largest absolute Gasteiger partial charge is 0.494 e. The molecule has 0 spiro atoms. The second-order valence-electron chi connectivity index (χ2n) is 8.50. The number of hydrazone groups is 1. The fourth-order valence-electron chi connectivity index (χ4n) is 3.18. The van der Waals surface area contributed by atoms with Crippen LogP contribution in [0.1, 0.15) is 54.7 Å². The Kier molecular flexibility index (Phi) is 7.25. The summed E-state index contributed by atoms with van der Waals surface area (Å²) in [5.41, 5.74) is 5.21. The lowest BCUT2D eigenvalue weighted by atomic mass is 9.87. The zero-order valence-corrected chi connectivity index (χ0v) is 19.0. The molecule has 0 bridgehead atoms. The highest BCUT2D eigenvalue weighted by atomic mass is 16.5. The topological polar surface area (TPSA) is 72.7 Å². The van der Waals surface area contributed by atoms with Crippen LogP contribution in [0.2, 0.25) is 0 Å². The Hall–Kier alpha value is -3.67. The number of hydrogen-bond donors (Lipinski definition) is 1. The Morgan fingerprint density at radius 1 is 1.06 bits per heavy atom. The molecule has 0 aliphatic heterocycles. The standard InChI is InChI=1S/C26H29N3O3/c1-5-32-22-14-10-19(11-15-22)17-27-28-24(30)23-7-6-16-29(25(23)31)18-20-8-12-21(13-9-20)26(2,3)4/h6-17H,5,18H2,1-4H3,(H,28,30)/b27-17-. The van der Waals surface area contributed by atoms with Crippen molar-refractivity contribution in [1.29, 1.82) is 0 Å². The minimum atomic E-state index is -0.547. The first-order chi connectivity index (χ1) is 15.3. The third-order valence-electron chi connectivity index (χ3n) is 5.01. The van der Waals surface area contributed by atoms with E-state index in [-0.39, 0.29) is 16.5 Å². The van der Waals surface area contributed by atoms with Gasteiger partial charge in [-0.05, 0) is 65.4 Å². The number of ether oxygens (including phenoxy) is 1. The molecule has 6 nitrogen and oxygen atoms in total. The van der Waals surface area contributed by atoms with Gasteiger partial charge in [0.25, 0.3) is 11.5 Å². The highest BCUT2D eigenvalue weighted by Crippen LogP contribution is 2.22. The van der Waals surface area contributed by atoms with Gasteiger partial charge in [0, 0.05) is 6.20 Å². The molecule has 166 valence electrons. The fourth-order valence-corrected chi connectivity index (χ4v) is 3.18. The molecule has 2 aromatic carbocycles. The van der Waals surface area contributed by atoms with Crippen LogP contribution in [0.3, 0.4) is 0 Å². The van der Waals surface area contributed by atoms with E-state index in [2.05, 4.69) is 43.4 Å². The number of rotatable bonds is 7. The predicted molar refractivity (Wildman–Crippen MR) is 128 cm³/mol. The van der Waals surface area contributed by atoms with Gasteiger partial charge in [0.2, 0.25) is 0 Å². The van der Waals surface area contributed by atoms with Gasteiger partial charge in [0.05, 0.1) is 19.4 Å². The first kappa shape index (κ1) is 23.0. The van der Waals surface area contributed by atoms with Gasteiger partial charge < -0.3 is 9.30 Å². The smallest absolute Gasteiger partial charge is 0.276 e. The Labute approximate surface area is 188 Å². The number of carbonyl (C=O) groups is 1. The number of pyridine rings is 1. The SMILES string of the molecule is CCOc1ccc(/C=N\NC(=O)c2cccn(Cc3ccc(C(C)(C)C)cc3)c2=O)cc1. The van der Waals surface area contributed by atoms with Crippen LogP contribution >= 0.6 is 0 Å². The summed E-state index contributed by atoms with van der Waals surface area (Å²) >= 11 is 0. The average Bonchev–Trinajstić information content (AvgIpc) is 2.76. The molecular formula is C26H29N3O3. The molecule has 0 radical (unpaired) electrons. The van der Waals surface area contributed by atoms with Crippen molar-refractivity contribution in [2.75, 3.05) is 6.61 Å². The molecule has 0 fully saturated rings. The van der Waals surface area contributed by atoms with Crippen LogP contribution in [0, 0.1) is 0 Å². The minimum absolute atomic E-state index is 0.0441. The zero-order chi connectivity index (χ0) is 23.1. The highest BCUT2D eigenvalue weighted by Gasteiger charge is 2.14. The molecule has 0 saturated heterocycles. The van der Waals surface area contributed by atoms with Crippen molar-refractivity contribution in [2.24, 2.45) is 5.10 Å². The van der Waals surface area contributed by atoms with E-state index in [9.17, 15) is 9.59 Å². The van der Waals surface area contributed by atoms with Gasteiger partial charge in [-0.3, -0.25) is 9.59 Å². The molecular weight excluding hydrogens is 402 g/mol. The number of aromatic nitrogens is 1. The molecule has 3 aromatic rings. The first-order valence-electron chi connectivity index (χ1n) is 10.6. The zero-order valence-electron chi connectivity index (χ0n) is 19.0. The van der Waals surface area contributed by atoms with Crippen LogP contribution in [-0.4, -0.2) is 23.3 Å². The van der Waals surface area contributed by atoms with Crippen LogP contribution in [0.25, 0.3) is 0 Å². The quantitative estimate of drug-likeness (QED) is 0.446. The van der Waals surface area contributed by atoms with Crippen molar-refractivity contribution < 1.29 is 9.53 Å². The van der Waals surface area contributed by atoms with Gasteiger partial charge in [0.15, 0.2) is 0 Å². The molecule has 0 atom stereocenters. The summed E-state index contributed by atoms with van der Waals surface area (Å²) in [6.45, 7) is 9.39. The lowest BCUT2D eigenvalue weighted by Gasteiger charge is -2.19. The summed E-state index contributed by atoms with van der Waals surface area (Å²) in [5, 5.41) is 3.97. The van der Waals surface area contributed by atoms with E-state index in [1.54, 1.807) is 12.3 Å². The van der Waals surface area contributed by atoms with Crippen LogP contribution in [-0.2, 0) is 12.0 Å². The average molecular weight is 432 g/mol. The van der Waals surface area contributed by atoms with Crippen LogP contribution in [0.5, 0.6) is 5.75 Å². The lowest BCUT2D eigenvalue weighted by Crippen LogP contribution is -2.30. The van der Waals surface area contributed by atoms with Crippen molar-refractivity contribution >= 4 is 12.1 Å². The number of hydrogen-bond acceptors (Lipinski definition) is 4. The normalized spacial score (nSPS) is 11.5. The predicted octanol–water partition coefficient (Wildman–Crippen LogP) is 4.36. The molecule has 1 amide bonds. The maximum Gasteiger partial charge on any atom is 0.276 e. The van der Waals surface area contributed by atoms with Gasteiger partial charge in [0.1, 0.15) is 11.3 Å². The molecule has 1 aromatic heterocycles. The van der Waals surface area contributed by atoms with Crippen molar-refractivity contribution in [1.82, 2.24) is 9.99 Å². The van der Waals surface area contributed by atoms with Crippen molar-refractivity contribution in [3.05, 3.63) is 99.5 Å². The van der Waals surface area contributed by atoms with E-state index in [0.717, 1.165) is 16.9 Å². The molecule has 0 aliphatic carbocycles. The van der Waals surface area contributed by atoms with E-state index in [1.807, 2.05) is 43.3 Å². The van der Waals surface area contributed by atoms with Crippen LogP contribution < -0.4 is 15.7 Å². The van der Waals surface area contributed by atoms with Crippen LogP contribution in [0.4, 0.5) is 0 Å². The summed E-state index contributed by atoms with van der Waals surface area (Å²) in [7, 11) is 0. The fraction of sp³-hybridized carbons (Fsp3) is 0.269. The minimum Gasteiger partial charge on any atom is -0.494 e. The monoisotopic (exact) mass is 431 g/mol. The first-order valence-corrected chi connectivity index (χ1v) is 10.6. The van der Waals surface area contributed by atoms with Gasteiger partial charge in [-0.1, -0.05) is 45.0 Å². The van der Waals surface area contributed by atoms with E-state index in [4.69, 9.17) is 4.74 Å². The number of amides is 1. The third kappa shape index (κ3) is 5.94. The molecule has 0 saturated carbocycles. The summed E-state index contributed by atoms with van der Waals surface area (Å²) < 4.78 is 6.92. The summed E-state index contributed by atoms with van der Waals surface area (Å²) in [6, 6.07) is 18.7. The Morgan fingerprint density at radius 2 is 1.75 bits per heavy atom. The Morgan fingerprint density at radius 3 is 2.38 bits per heavy atom. The maximum atomic E-state index is 12.8. The van der Waals surface area contributed by atoms with Gasteiger partial charge in [-0.2, -0.15) is 5.10 Å². The second-order valence-corrected chi connectivity index (χ2v) is 8.50. The highest BCUT2D eigenvalue weighted by molar-refractivity contribution is 5.94. The van der Waals surface area contributed by atoms with Crippen LogP contribution in [0.15, 0.2) is 76.8 Å². The maximum absolute atomic E-state index is 12.8. The molecule has 3 rings (SSSR count). The molecule has 0 aliphatic rings.